The third-order valence-corrected chi connectivity index (χ3v) is 4.03. The zero-order valence-corrected chi connectivity index (χ0v) is 17.0. The summed E-state index contributed by atoms with van der Waals surface area (Å²) in [7, 11) is 0. The summed E-state index contributed by atoms with van der Waals surface area (Å²) in [6.45, 7) is 3.03. The standard InChI is InChI=1S/C19H17ClF3NO7/c1-3-28-10-29-18(25)11(2)30-17-9-13(5-6-15(17)24(26)27)31-16-7-4-12(8-14(16)20)19(21,22)23/h4-9,11H,3,10H2,1-2H3. The minimum absolute atomic E-state index is 0.0165. The summed E-state index contributed by atoms with van der Waals surface area (Å²) in [4.78, 5) is 22.4. The smallest absolute Gasteiger partial charge is 0.416 e. The molecule has 0 aliphatic carbocycles. The van der Waals surface area contributed by atoms with Crippen molar-refractivity contribution in [3.63, 3.8) is 0 Å². The second-order valence-electron chi connectivity index (χ2n) is 5.97. The molecule has 2 aromatic carbocycles. The highest BCUT2D eigenvalue weighted by molar-refractivity contribution is 6.32. The Hall–Kier alpha value is -3.05. The first-order valence-corrected chi connectivity index (χ1v) is 9.14. The van der Waals surface area contributed by atoms with Crippen molar-refractivity contribution in [1.29, 1.82) is 0 Å². The van der Waals surface area contributed by atoms with E-state index in [-0.39, 0.29) is 29.1 Å². The van der Waals surface area contributed by atoms with Gasteiger partial charge in [-0.1, -0.05) is 11.6 Å². The molecule has 0 saturated carbocycles. The van der Waals surface area contributed by atoms with Crippen LogP contribution in [0.15, 0.2) is 36.4 Å². The number of benzene rings is 2. The zero-order chi connectivity index (χ0) is 23.2. The molecule has 8 nitrogen and oxygen atoms in total. The third-order valence-electron chi connectivity index (χ3n) is 3.74. The Morgan fingerprint density at radius 2 is 1.90 bits per heavy atom. The van der Waals surface area contributed by atoms with E-state index in [0.29, 0.717) is 12.7 Å². The van der Waals surface area contributed by atoms with Gasteiger partial charge in [-0.3, -0.25) is 10.1 Å². The predicted molar refractivity (Wildman–Crippen MR) is 102 cm³/mol. The van der Waals surface area contributed by atoms with Crippen molar-refractivity contribution in [2.24, 2.45) is 0 Å². The monoisotopic (exact) mass is 463 g/mol. The Bertz CT molecular complexity index is 953. The Kier molecular flexibility index (Phi) is 8.06. The third kappa shape index (κ3) is 6.72. The van der Waals surface area contributed by atoms with Gasteiger partial charge in [0.1, 0.15) is 11.5 Å². The normalized spacial score (nSPS) is 12.2. The van der Waals surface area contributed by atoms with Gasteiger partial charge in [-0.2, -0.15) is 13.2 Å². The average molecular weight is 464 g/mol. The van der Waals surface area contributed by atoms with E-state index in [1.165, 1.54) is 13.0 Å². The lowest BCUT2D eigenvalue weighted by atomic mass is 10.2. The van der Waals surface area contributed by atoms with Gasteiger partial charge >= 0.3 is 17.8 Å². The minimum atomic E-state index is -4.58. The molecule has 0 aliphatic heterocycles. The van der Waals surface area contributed by atoms with Crippen molar-refractivity contribution >= 4 is 23.3 Å². The van der Waals surface area contributed by atoms with Crippen molar-refractivity contribution in [3.05, 3.63) is 57.1 Å². The number of alkyl halides is 3. The number of halogens is 4. The summed E-state index contributed by atoms with van der Waals surface area (Å²) in [6.07, 6.45) is -5.80. The molecular weight excluding hydrogens is 447 g/mol. The van der Waals surface area contributed by atoms with Gasteiger partial charge in [0.2, 0.25) is 5.75 Å². The zero-order valence-electron chi connectivity index (χ0n) is 16.3. The maximum Gasteiger partial charge on any atom is 0.416 e. The first-order valence-electron chi connectivity index (χ1n) is 8.77. The van der Waals surface area contributed by atoms with Gasteiger partial charge in [-0.05, 0) is 38.1 Å². The summed E-state index contributed by atoms with van der Waals surface area (Å²) in [6, 6.07) is 5.86. The molecule has 1 atom stereocenters. The van der Waals surface area contributed by atoms with Crippen molar-refractivity contribution in [2.45, 2.75) is 26.1 Å². The highest BCUT2D eigenvalue weighted by atomic mass is 35.5. The largest absolute Gasteiger partial charge is 0.472 e. The van der Waals surface area contributed by atoms with Crippen LogP contribution in [0.5, 0.6) is 17.2 Å². The van der Waals surface area contributed by atoms with Gasteiger partial charge < -0.3 is 18.9 Å². The van der Waals surface area contributed by atoms with Crippen LogP contribution in [-0.2, 0) is 20.4 Å². The fraction of sp³-hybridized carbons (Fsp3) is 0.316. The number of hydrogen-bond donors (Lipinski definition) is 0. The highest BCUT2D eigenvalue weighted by Crippen LogP contribution is 2.38. The van der Waals surface area contributed by atoms with Gasteiger partial charge in [-0.15, -0.1) is 0 Å². The second-order valence-corrected chi connectivity index (χ2v) is 6.37. The average Bonchev–Trinajstić information content (AvgIpc) is 2.68. The Balaban J connectivity index is 2.23. The van der Waals surface area contributed by atoms with E-state index in [2.05, 4.69) is 0 Å². The highest BCUT2D eigenvalue weighted by Gasteiger charge is 2.31. The summed E-state index contributed by atoms with van der Waals surface area (Å²) >= 11 is 5.86. The molecule has 0 aliphatic rings. The first-order chi connectivity index (χ1) is 14.5. The van der Waals surface area contributed by atoms with Crippen LogP contribution < -0.4 is 9.47 Å². The topological polar surface area (TPSA) is 97.1 Å². The molecule has 0 aromatic heterocycles. The summed E-state index contributed by atoms with van der Waals surface area (Å²) in [5, 5.41) is 10.9. The fourth-order valence-electron chi connectivity index (χ4n) is 2.23. The molecule has 168 valence electrons. The van der Waals surface area contributed by atoms with Gasteiger partial charge in [0.25, 0.3) is 0 Å². The number of carbonyl (C=O) groups excluding carboxylic acids is 1. The number of carbonyl (C=O) groups is 1. The summed E-state index contributed by atoms with van der Waals surface area (Å²) in [5.74, 6) is -1.26. The molecule has 0 heterocycles. The van der Waals surface area contributed by atoms with Crippen LogP contribution in [0.25, 0.3) is 0 Å². The van der Waals surface area contributed by atoms with Crippen LogP contribution >= 0.6 is 11.6 Å². The van der Waals surface area contributed by atoms with Crippen LogP contribution in [0.3, 0.4) is 0 Å². The molecule has 2 aromatic rings. The van der Waals surface area contributed by atoms with E-state index < -0.39 is 34.4 Å². The predicted octanol–water partition coefficient (Wildman–Crippen LogP) is 5.36. The Labute approximate surface area is 179 Å². The molecule has 0 fully saturated rings. The second kappa shape index (κ2) is 10.3. The van der Waals surface area contributed by atoms with Crippen molar-refractivity contribution in [1.82, 2.24) is 0 Å². The van der Waals surface area contributed by atoms with Crippen LogP contribution in [0, 0.1) is 10.1 Å². The maximum atomic E-state index is 12.8. The Morgan fingerprint density at radius 1 is 1.19 bits per heavy atom. The van der Waals surface area contributed by atoms with E-state index in [1.807, 2.05) is 0 Å². The van der Waals surface area contributed by atoms with Crippen molar-refractivity contribution < 1.29 is 41.8 Å². The van der Waals surface area contributed by atoms with E-state index in [0.717, 1.165) is 24.3 Å². The van der Waals surface area contributed by atoms with Crippen LogP contribution in [-0.4, -0.2) is 30.4 Å². The molecule has 0 bridgehead atoms. The number of hydrogen-bond acceptors (Lipinski definition) is 7. The molecule has 1 unspecified atom stereocenters. The first kappa shape index (κ1) is 24.2. The number of nitro groups is 1. The molecule has 0 amide bonds. The van der Waals surface area contributed by atoms with E-state index >= 15 is 0 Å². The van der Waals surface area contributed by atoms with Crippen molar-refractivity contribution in [3.8, 4) is 17.2 Å². The number of nitro benzene ring substituents is 1. The summed E-state index contributed by atoms with van der Waals surface area (Å²) < 4.78 is 58.7. The molecule has 0 spiro atoms. The molecule has 2 rings (SSSR count). The molecular formula is C19H17ClF3NO7. The lowest BCUT2D eigenvalue weighted by molar-refractivity contribution is -0.386. The molecule has 0 saturated heterocycles. The van der Waals surface area contributed by atoms with Crippen LogP contribution in [0.1, 0.15) is 19.4 Å². The van der Waals surface area contributed by atoms with E-state index in [9.17, 15) is 28.1 Å². The number of rotatable bonds is 9. The molecule has 0 radical (unpaired) electrons. The Morgan fingerprint density at radius 3 is 2.48 bits per heavy atom. The van der Waals surface area contributed by atoms with Gasteiger partial charge in [0.15, 0.2) is 12.9 Å². The minimum Gasteiger partial charge on any atom is -0.472 e. The molecule has 12 heteroatoms. The lowest BCUT2D eigenvalue weighted by Gasteiger charge is -2.15. The van der Waals surface area contributed by atoms with Crippen LogP contribution in [0.2, 0.25) is 5.02 Å². The SMILES string of the molecule is CCOCOC(=O)C(C)Oc1cc(Oc2ccc(C(F)(F)F)cc2Cl)ccc1[N+](=O)[O-]. The van der Waals surface area contributed by atoms with Gasteiger partial charge in [0.05, 0.1) is 15.5 Å². The van der Waals surface area contributed by atoms with E-state index in [4.69, 9.17) is 30.5 Å². The molecule has 0 N–H and O–H groups in total. The van der Waals surface area contributed by atoms with Gasteiger partial charge in [0, 0.05) is 18.7 Å². The summed E-state index contributed by atoms with van der Waals surface area (Å²) in [5.41, 5.74) is -1.42. The fourth-order valence-corrected chi connectivity index (χ4v) is 2.45. The quantitative estimate of drug-likeness (QED) is 0.162. The number of nitrogens with zero attached hydrogens (tertiary/aromatic N) is 1. The lowest BCUT2D eigenvalue weighted by Crippen LogP contribution is -2.27. The van der Waals surface area contributed by atoms with Crippen LogP contribution in [0.4, 0.5) is 18.9 Å². The number of esters is 1. The maximum absolute atomic E-state index is 12.8. The van der Waals surface area contributed by atoms with Crippen molar-refractivity contribution in [2.75, 3.05) is 13.4 Å². The number of ether oxygens (including phenoxy) is 4. The van der Waals surface area contributed by atoms with E-state index in [1.54, 1.807) is 6.92 Å². The van der Waals surface area contributed by atoms with Gasteiger partial charge in [-0.25, -0.2) is 4.79 Å². The molecule has 31 heavy (non-hydrogen) atoms.